The molecule has 0 saturated carbocycles. The minimum Gasteiger partial charge on any atom is -1.00 e. The van der Waals surface area contributed by atoms with Crippen LogP contribution in [0.2, 0.25) is 0 Å². The number of phenols is 1. The molecule has 0 aliphatic heterocycles. The molecule has 0 aliphatic rings. The summed E-state index contributed by atoms with van der Waals surface area (Å²) >= 11 is 1.56. The number of phenolic OH excluding ortho intramolecular Hbond substituents is 1. The van der Waals surface area contributed by atoms with Gasteiger partial charge in [-0.1, -0.05) is 24.3 Å². The van der Waals surface area contributed by atoms with E-state index in [0.29, 0.717) is 5.75 Å². The quantitative estimate of drug-likeness (QED) is 0.389. The van der Waals surface area contributed by atoms with Crippen molar-refractivity contribution < 1.29 is 54.2 Å². The molecule has 0 bridgehead atoms. The van der Waals surface area contributed by atoms with Crippen molar-refractivity contribution in [2.75, 3.05) is 0 Å². The van der Waals surface area contributed by atoms with E-state index in [-0.39, 0.29) is 42.3 Å². The fourth-order valence-electron chi connectivity index (χ4n) is 1.66. The molecule has 0 heterocycles. The summed E-state index contributed by atoms with van der Waals surface area (Å²) in [5.41, 5.74) is -0.855. The molecule has 0 saturated heterocycles. The van der Waals surface area contributed by atoms with Gasteiger partial charge in [0.2, 0.25) is 5.44 Å². The van der Waals surface area contributed by atoms with Crippen LogP contribution in [0.1, 0.15) is 18.0 Å². The smallest absolute Gasteiger partial charge is 1.00 e. The molecule has 1 atom stereocenters. The van der Waals surface area contributed by atoms with Crippen LogP contribution in [-0.4, -0.2) is 23.2 Å². The van der Waals surface area contributed by atoms with E-state index in [1.165, 1.54) is 12.1 Å². The summed E-state index contributed by atoms with van der Waals surface area (Å²) in [5, 5.41) is 18.6. The van der Waals surface area contributed by atoms with E-state index in [4.69, 9.17) is 4.55 Å². The molecule has 2 aromatic carbocycles. The second-order valence-electron chi connectivity index (χ2n) is 4.39. The summed E-state index contributed by atoms with van der Waals surface area (Å²) in [7, 11) is -4.50. The number of hydrogen-bond acceptors (Lipinski definition) is 5. The van der Waals surface area contributed by atoms with E-state index < -0.39 is 15.6 Å². The van der Waals surface area contributed by atoms with Gasteiger partial charge in [-0.2, -0.15) is 8.42 Å². The van der Waals surface area contributed by atoms with Gasteiger partial charge in [0.15, 0.2) is 0 Å². The van der Waals surface area contributed by atoms with Gasteiger partial charge in [-0.05, 0) is 35.4 Å². The second-order valence-corrected chi connectivity index (χ2v) is 6.92. The standard InChI is InChI=1S/C14H14O5S2.Na.H/c15-12-5-7-13(8-6-12)20-9-10-1-3-11(4-2-10)14(16)21(17,18)19;;/h1-8,14-16H,9H2,(H,17,18,19);;/q;+1;-1. The van der Waals surface area contributed by atoms with Crippen LogP contribution in [0.3, 0.4) is 0 Å². The van der Waals surface area contributed by atoms with E-state index in [1.807, 2.05) is 0 Å². The zero-order chi connectivity index (χ0) is 15.5. The third-order valence-corrected chi connectivity index (χ3v) is 4.71. The Morgan fingerprint density at radius 2 is 1.59 bits per heavy atom. The van der Waals surface area contributed by atoms with Gasteiger partial charge >= 0.3 is 29.6 Å². The predicted molar refractivity (Wildman–Crippen MR) is 81.7 cm³/mol. The Kier molecular flexibility index (Phi) is 7.40. The Bertz CT molecular complexity index is 705. The van der Waals surface area contributed by atoms with Crippen molar-refractivity contribution in [3.63, 3.8) is 0 Å². The average molecular weight is 350 g/mol. The van der Waals surface area contributed by atoms with Crippen LogP contribution in [-0.2, 0) is 15.9 Å². The van der Waals surface area contributed by atoms with Crippen molar-refractivity contribution in [2.45, 2.75) is 16.1 Å². The first-order chi connectivity index (χ1) is 9.86. The van der Waals surface area contributed by atoms with Crippen LogP contribution >= 0.6 is 11.8 Å². The van der Waals surface area contributed by atoms with E-state index in [9.17, 15) is 18.6 Å². The number of hydrogen-bond donors (Lipinski definition) is 3. The number of aliphatic hydroxyl groups excluding tert-OH is 1. The molecule has 3 N–H and O–H groups in total. The van der Waals surface area contributed by atoms with E-state index >= 15 is 0 Å². The Morgan fingerprint density at radius 1 is 1.05 bits per heavy atom. The molecule has 5 nitrogen and oxygen atoms in total. The van der Waals surface area contributed by atoms with Gasteiger partial charge in [0.25, 0.3) is 10.1 Å². The fraction of sp³-hybridized carbons (Fsp3) is 0.143. The first-order valence-electron chi connectivity index (χ1n) is 6.01. The molecule has 0 aromatic heterocycles. The monoisotopic (exact) mass is 350 g/mol. The molecule has 0 aliphatic carbocycles. The molecule has 2 aromatic rings. The molecular weight excluding hydrogens is 335 g/mol. The summed E-state index contributed by atoms with van der Waals surface area (Å²) in [6.45, 7) is 0. The molecule has 8 heteroatoms. The Morgan fingerprint density at radius 3 is 2.09 bits per heavy atom. The van der Waals surface area contributed by atoms with Gasteiger partial charge in [0.05, 0.1) is 0 Å². The minimum atomic E-state index is -4.50. The van der Waals surface area contributed by atoms with Crippen molar-refractivity contribution in [3.8, 4) is 5.75 Å². The van der Waals surface area contributed by atoms with Gasteiger partial charge in [-0.3, -0.25) is 4.55 Å². The van der Waals surface area contributed by atoms with Crippen LogP contribution in [0.5, 0.6) is 5.75 Å². The number of thioether (sulfide) groups is 1. The molecule has 2 rings (SSSR count). The predicted octanol–water partition coefficient (Wildman–Crippen LogP) is -0.320. The first-order valence-corrected chi connectivity index (χ1v) is 8.50. The van der Waals surface area contributed by atoms with Crippen molar-refractivity contribution in [1.82, 2.24) is 0 Å². The topological polar surface area (TPSA) is 94.8 Å². The normalized spacial score (nSPS) is 12.5. The van der Waals surface area contributed by atoms with Crippen LogP contribution in [0.15, 0.2) is 53.4 Å². The molecule has 22 heavy (non-hydrogen) atoms. The maximum atomic E-state index is 10.8. The number of aliphatic hydroxyl groups is 1. The maximum Gasteiger partial charge on any atom is 1.00 e. The summed E-state index contributed by atoms with van der Waals surface area (Å²) in [4.78, 5) is 0.995. The summed E-state index contributed by atoms with van der Waals surface area (Å²) in [6.07, 6.45) is 0. The third-order valence-electron chi connectivity index (χ3n) is 2.79. The number of rotatable bonds is 5. The van der Waals surface area contributed by atoms with Gasteiger partial charge < -0.3 is 11.6 Å². The molecule has 114 valence electrons. The SMILES string of the molecule is O=S(=O)(O)C(O)c1ccc(CSc2ccc(O)cc2)cc1.[H-].[Na+]. The Labute approximate surface area is 156 Å². The second kappa shape index (κ2) is 8.35. The van der Waals surface area contributed by atoms with E-state index in [2.05, 4.69) is 0 Å². The largest absolute Gasteiger partial charge is 1.00 e. The van der Waals surface area contributed by atoms with Crippen molar-refractivity contribution in [1.29, 1.82) is 0 Å². The number of benzene rings is 2. The van der Waals surface area contributed by atoms with Gasteiger partial charge in [0, 0.05) is 10.6 Å². The maximum absolute atomic E-state index is 10.8. The number of aromatic hydroxyl groups is 1. The van der Waals surface area contributed by atoms with Crippen LogP contribution in [0, 0.1) is 0 Å². The van der Waals surface area contributed by atoms with Crippen LogP contribution in [0.4, 0.5) is 0 Å². The summed E-state index contributed by atoms with van der Waals surface area (Å²) < 4.78 is 30.5. The van der Waals surface area contributed by atoms with Gasteiger partial charge in [0.1, 0.15) is 5.75 Å². The van der Waals surface area contributed by atoms with Crippen molar-refractivity contribution >= 4 is 21.9 Å². The zero-order valence-electron chi connectivity index (χ0n) is 12.9. The van der Waals surface area contributed by atoms with Gasteiger partial charge in [-0.25, -0.2) is 0 Å². The van der Waals surface area contributed by atoms with Gasteiger partial charge in [-0.15, -0.1) is 11.8 Å². The van der Waals surface area contributed by atoms with Crippen molar-refractivity contribution in [2.24, 2.45) is 0 Å². The third kappa shape index (κ3) is 5.58. The summed E-state index contributed by atoms with van der Waals surface area (Å²) in [5.74, 6) is 0.871. The zero-order valence-corrected chi connectivity index (χ0v) is 15.5. The minimum absolute atomic E-state index is 0. The molecule has 0 fully saturated rings. The summed E-state index contributed by atoms with van der Waals surface area (Å²) in [6, 6.07) is 13.1. The molecule has 0 amide bonds. The van der Waals surface area contributed by atoms with Crippen molar-refractivity contribution in [3.05, 3.63) is 59.7 Å². The Balaban J connectivity index is 0.00000242. The Hall–Kier alpha value is -0.540. The van der Waals surface area contributed by atoms with E-state index in [0.717, 1.165) is 10.5 Å². The first kappa shape index (κ1) is 19.5. The molecule has 0 radical (unpaired) electrons. The van der Waals surface area contributed by atoms with Crippen LogP contribution < -0.4 is 29.6 Å². The molecular formula is C14H15NaO5S2. The van der Waals surface area contributed by atoms with Crippen LogP contribution in [0.25, 0.3) is 0 Å². The fourth-order valence-corrected chi connectivity index (χ4v) is 3.01. The molecule has 1 unspecified atom stereocenters. The van der Waals surface area contributed by atoms with E-state index in [1.54, 1.807) is 48.2 Å². The average Bonchev–Trinajstić information content (AvgIpc) is 2.45. The molecule has 0 spiro atoms.